The van der Waals surface area contributed by atoms with Crippen molar-refractivity contribution in [3.8, 4) is 11.5 Å². The first kappa shape index (κ1) is 13.2. The van der Waals surface area contributed by atoms with Crippen LogP contribution >= 0.6 is 0 Å². The third-order valence-corrected chi connectivity index (χ3v) is 3.99. The van der Waals surface area contributed by atoms with E-state index in [1.54, 1.807) is 0 Å². The molecule has 0 radical (unpaired) electrons. The Balaban J connectivity index is 1.76. The number of carboxylic acid groups (broad SMARTS) is 1. The van der Waals surface area contributed by atoms with Gasteiger partial charge in [0.15, 0.2) is 11.5 Å². The molecule has 1 aliphatic carbocycles. The zero-order valence-corrected chi connectivity index (χ0v) is 11.3. The summed E-state index contributed by atoms with van der Waals surface area (Å²) < 4.78 is 12.0. The van der Waals surface area contributed by atoms with Gasteiger partial charge in [-0.3, -0.25) is 4.79 Å². The van der Waals surface area contributed by atoms with Crippen LogP contribution in [0.4, 0.5) is 0 Å². The molecule has 1 aliphatic heterocycles. The molecule has 1 heterocycles. The van der Waals surface area contributed by atoms with E-state index in [1.807, 2.05) is 18.2 Å². The lowest BCUT2D eigenvalue weighted by Gasteiger charge is -2.31. The summed E-state index contributed by atoms with van der Waals surface area (Å²) in [4.78, 5) is 10.8. The largest absolute Gasteiger partial charge is 0.480 e. The van der Waals surface area contributed by atoms with E-state index < -0.39 is 17.8 Å². The SMILES string of the molecule is NC(Cc1ccc2c(c1)OC1(CCCCC1)O2)C(=O)O. The molecule has 1 unspecified atom stereocenters. The van der Waals surface area contributed by atoms with E-state index in [1.165, 1.54) is 6.42 Å². The normalized spacial score (nSPS) is 20.9. The van der Waals surface area contributed by atoms with Crippen LogP contribution in [-0.2, 0) is 11.2 Å². The lowest BCUT2D eigenvalue weighted by atomic mass is 9.94. The van der Waals surface area contributed by atoms with Gasteiger partial charge in [0, 0.05) is 12.8 Å². The molecule has 1 saturated carbocycles. The number of aliphatic carboxylic acids is 1. The number of benzene rings is 1. The van der Waals surface area contributed by atoms with Crippen molar-refractivity contribution in [1.82, 2.24) is 0 Å². The summed E-state index contributed by atoms with van der Waals surface area (Å²) in [6, 6.07) is 4.66. The van der Waals surface area contributed by atoms with E-state index in [0.29, 0.717) is 12.2 Å². The first-order valence-electron chi connectivity index (χ1n) is 7.07. The van der Waals surface area contributed by atoms with Gasteiger partial charge in [-0.05, 0) is 37.0 Å². The summed E-state index contributed by atoms with van der Waals surface area (Å²) in [6.45, 7) is 0. The van der Waals surface area contributed by atoms with Crippen LogP contribution in [0.25, 0.3) is 0 Å². The van der Waals surface area contributed by atoms with Crippen molar-refractivity contribution >= 4 is 5.97 Å². The van der Waals surface area contributed by atoms with Crippen molar-refractivity contribution in [1.29, 1.82) is 0 Å². The van der Waals surface area contributed by atoms with Gasteiger partial charge in [-0.15, -0.1) is 0 Å². The summed E-state index contributed by atoms with van der Waals surface area (Å²) in [5.41, 5.74) is 6.41. The molecule has 0 bridgehead atoms. The second-order valence-electron chi connectivity index (χ2n) is 5.61. The highest BCUT2D eigenvalue weighted by atomic mass is 16.7. The molecule has 1 aromatic rings. The molecular weight excluding hydrogens is 258 g/mol. The fourth-order valence-electron chi connectivity index (χ4n) is 2.90. The van der Waals surface area contributed by atoms with Gasteiger partial charge in [0.2, 0.25) is 0 Å². The maximum Gasteiger partial charge on any atom is 0.320 e. The molecule has 0 amide bonds. The van der Waals surface area contributed by atoms with Crippen LogP contribution in [0.5, 0.6) is 11.5 Å². The molecule has 1 fully saturated rings. The maximum absolute atomic E-state index is 10.8. The topological polar surface area (TPSA) is 81.8 Å². The van der Waals surface area contributed by atoms with Gasteiger partial charge in [-0.25, -0.2) is 0 Å². The van der Waals surface area contributed by atoms with Gasteiger partial charge in [0.25, 0.3) is 5.79 Å². The second-order valence-corrected chi connectivity index (χ2v) is 5.61. The third-order valence-electron chi connectivity index (χ3n) is 3.99. The van der Waals surface area contributed by atoms with Gasteiger partial charge in [-0.1, -0.05) is 12.5 Å². The number of carbonyl (C=O) groups is 1. The fourth-order valence-corrected chi connectivity index (χ4v) is 2.90. The van der Waals surface area contributed by atoms with Crippen LogP contribution in [0.3, 0.4) is 0 Å². The first-order chi connectivity index (χ1) is 9.58. The summed E-state index contributed by atoms with van der Waals surface area (Å²) in [7, 11) is 0. The molecule has 1 atom stereocenters. The van der Waals surface area contributed by atoms with Crippen molar-refractivity contribution < 1.29 is 19.4 Å². The smallest absolute Gasteiger partial charge is 0.320 e. The van der Waals surface area contributed by atoms with Gasteiger partial charge in [0.1, 0.15) is 6.04 Å². The van der Waals surface area contributed by atoms with Crippen LogP contribution < -0.4 is 15.2 Å². The molecular formula is C15H19NO4. The van der Waals surface area contributed by atoms with Gasteiger partial charge >= 0.3 is 5.97 Å². The molecule has 1 spiro atoms. The quantitative estimate of drug-likeness (QED) is 0.884. The number of fused-ring (bicyclic) bond motifs is 1. The van der Waals surface area contributed by atoms with Crippen LogP contribution in [0.1, 0.15) is 37.7 Å². The van der Waals surface area contributed by atoms with E-state index in [-0.39, 0.29) is 0 Å². The highest BCUT2D eigenvalue weighted by Gasteiger charge is 2.42. The number of hydrogen-bond donors (Lipinski definition) is 2. The predicted molar refractivity (Wildman–Crippen MR) is 72.8 cm³/mol. The zero-order valence-electron chi connectivity index (χ0n) is 11.3. The second kappa shape index (κ2) is 4.98. The van der Waals surface area contributed by atoms with Crippen LogP contribution in [0, 0.1) is 0 Å². The van der Waals surface area contributed by atoms with E-state index >= 15 is 0 Å². The number of carboxylic acids is 1. The maximum atomic E-state index is 10.8. The molecule has 1 aromatic carbocycles. The number of ether oxygens (including phenoxy) is 2. The van der Waals surface area contributed by atoms with Crippen molar-refractivity contribution in [2.45, 2.75) is 50.4 Å². The minimum atomic E-state index is -0.994. The van der Waals surface area contributed by atoms with Gasteiger partial charge in [0.05, 0.1) is 0 Å². The molecule has 2 aliphatic rings. The monoisotopic (exact) mass is 277 g/mol. The van der Waals surface area contributed by atoms with Gasteiger partial charge in [-0.2, -0.15) is 0 Å². The average Bonchev–Trinajstić information content (AvgIpc) is 2.76. The highest BCUT2D eigenvalue weighted by molar-refractivity contribution is 5.73. The Labute approximate surface area is 117 Å². The Morgan fingerprint density at radius 2 is 1.95 bits per heavy atom. The predicted octanol–water partition coefficient (Wildman–Crippen LogP) is 2.07. The molecule has 5 nitrogen and oxygen atoms in total. The Hall–Kier alpha value is -1.75. The highest BCUT2D eigenvalue weighted by Crippen LogP contribution is 2.45. The van der Waals surface area contributed by atoms with Crippen LogP contribution in [-0.4, -0.2) is 22.9 Å². The molecule has 20 heavy (non-hydrogen) atoms. The molecule has 5 heteroatoms. The van der Waals surface area contributed by atoms with Crippen molar-refractivity contribution in [2.75, 3.05) is 0 Å². The summed E-state index contributed by atoms with van der Waals surface area (Å²) in [6.07, 6.45) is 5.56. The van der Waals surface area contributed by atoms with Crippen molar-refractivity contribution in [2.24, 2.45) is 5.73 Å². The Kier molecular flexibility index (Phi) is 3.30. The summed E-state index contributed by atoms with van der Waals surface area (Å²) in [5, 5.41) is 8.85. The lowest BCUT2D eigenvalue weighted by molar-refractivity contribution is -0.138. The van der Waals surface area contributed by atoms with E-state index in [9.17, 15) is 4.79 Å². The molecule has 0 aromatic heterocycles. The number of nitrogens with two attached hydrogens (primary N) is 1. The van der Waals surface area contributed by atoms with E-state index in [4.69, 9.17) is 20.3 Å². The molecule has 0 saturated heterocycles. The van der Waals surface area contributed by atoms with Gasteiger partial charge < -0.3 is 20.3 Å². The zero-order chi connectivity index (χ0) is 14.2. The van der Waals surface area contributed by atoms with E-state index in [0.717, 1.165) is 37.0 Å². The molecule has 3 N–H and O–H groups in total. The lowest BCUT2D eigenvalue weighted by Crippen LogP contribution is -2.40. The Morgan fingerprint density at radius 3 is 2.65 bits per heavy atom. The first-order valence-corrected chi connectivity index (χ1v) is 7.07. The minimum absolute atomic E-state index is 0.291. The Bertz CT molecular complexity index is 523. The number of hydrogen-bond acceptors (Lipinski definition) is 4. The molecule has 108 valence electrons. The fraction of sp³-hybridized carbons (Fsp3) is 0.533. The van der Waals surface area contributed by atoms with Crippen molar-refractivity contribution in [3.05, 3.63) is 23.8 Å². The van der Waals surface area contributed by atoms with E-state index in [2.05, 4.69) is 0 Å². The number of rotatable bonds is 3. The Morgan fingerprint density at radius 1 is 1.25 bits per heavy atom. The molecule has 3 rings (SSSR count). The minimum Gasteiger partial charge on any atom is -0.480 e. The standard InChI is InChI=1S/C15H19NO4/c16-11(14(17)18)8-10-4-5-12-13(9-10)20-15(19-12)6-2-1-3-7-15/h4-5,9,11H,1-3,6-8,16H2,(H,17,18). The summed E-state index contributed by atoms with van der Waals surface area (Å²) in [5.74, 6) is -0.0262. The van der Waals surface area contributed by atoms with Crippen molar-refractivity contribution in [3.63, 3.8) is 0 Å². The average molecular weight is 277 g/mol. The van der Waals surface area contributed by atoms with Crippen LogP contribution in [0.2, 0.25) is 0 Å². The van der Waals surface area contributed by atoms with Crippen LogP contribution in [0.15, 0.2) is 18.2 Å². The third kappa shape index (κ3) is 2.45. The summed E-state index contributed by atoms with van der Waals surface area (Å²) >= 11 is 0.